The summed E-state index contributed by atoms with van der Waals surface area (Å²) in [6, 6.07) is 18.3. The molecule has 1 aliphatic heterocycles. The van der Waals surface area contributed by atoms with Crippen molar-refractivity contribution in [2.75, 3.05) is 5.32 Å². The predicted molar refractivity (Wildman–Crippen MR) is 125 cm³/mol. The Balaban J connectivity index is 1.47. The number of furan rings is 1. The zero-order chi connectivity index (χ0) is 23.9. The highest BCUT2D eigenvalue weighted by Crippen LogP contribution is 2.28. The molecule has 10 heteroatoms. The Bertz CT molecular complexity index is 1430. The number of hydrogen-bond acceptors (Lipinski definition) is 5. The van der Waals surface area contributed by atoms with Gasteiger partial charge in [-0.15, -0.1) is 0 Å². The topological polar surface area (TPSA) is 118 Å². The monoisotopic (exact) mass is 475 g/mol. The van der Waals surface area contributed by atoms with Gasteiger partial charge in [-0.3, -0.25) is 14.9 Å². The summed E-state index contributed by atoms with van der Waals surface area (Å²) in [5.41, 5.74) is 1.11. The molecule has 9 nitrogen and oxygen atoms in total. The summed E-state index contributed by atoms with van der Waals surface area (Å²) in [5, 5.41) is 12.6. The molecule has 0 bridgehead atoms. The minimum Gasteiger partial charge on any atom is -0.463 e. The first-order valence-electron chi connectivity index (χ1n) is 10.3. The molecule has 4 amide bonds. The quantitative estimate of drug-likeness (QED) is 0.376. The van der Waals surface area contributed by atoms with Crippen LogP contribution in [-0.4, -0.2) is 27.6 Å². The van der Waals surface area contributed by atoms with E-state index in [0.717, 1.165) is 0 Å². The van der Waals surface area contributed by atoms with Crippen LogP contribution in [0.4, 0.5) is 10.5 Å². The number of halogens is 1. The number of nitrogens with zero attached hydrogens (tertiary/aromatic N) is 2. The molecule has 0 aliphatic carbocycles. The predicted octanol–water partition coefficient (Wildman–Crippen LogP) is 4.09. The lowest BCUT2D eigenvalue weighted by atomic mass is 9.92. The van der Waals surface area contributed by atoms with Gasteiger partial charge in [-0.2, -0.15) is 5.10 Å². The van der Waals surface area contributed by atoms with E-state index in [4.69, 9.17) is 16.0 Å². The fraction of sp³-hybridized carbons (Fsp3) is 0.0833. The van der Waals surface area contributed by atoms with Gasteiger partial charge in [0.05, 0.1) is 12.0 Å². The van der Waals surface area contributed by atoms with Crippen molar-refractivity contribution in [2.24, 2.45) is 0 Å². The summed E-state index contributed by atoms with van der Waals surface area (Å²) in [6.45, 7) is 1.59. The Labute approximate surface area is 198 Å². The van der Waals surface area contributed by atoms with Crippen molar-refractivity contribution in [2.45, 2.75) is 12.5 Å². The second-order valence-electron chi connectivity index (χ2n) is 7.85. The molecule has 4 aromatic rings. The van der Waals surface area contributed by atoms with Crippen LogP contribution in [0.3, 0.4) is 0 Å². The minimum absolute atomic E-state index is 0.148. The van der Waals surface area contributed by atoms with E-state index in [0.29, 0.717) is 33.4 Å². The number of rotatable bonds is 5. The van der Waals surface area contributed by atoms with Gasteiger partial charge in [0.15, 0.2) is 11.5 Å². The molecule has 170 valence electrons. The van der Waals surface area contributed by atoms with Crippen LogP contribution in [0.1, 0.15) is 23.0 Å². The third kappa shape index (κ3) is 3.82. The van der Waals surface area contributed by atoms with E-state index >= 15 is 0 Å². The lowest BCUT2D eigenvalue weighted by Crippen LogP contribution is -2.40. The van der Waals surface area contributed by atoms with E-state index in [1.54, 1.807) is 72.3 Å². The lowest BCUT2D eigenvalue weighted by molar-refractivity contribution is -0.123. The van der Waals surface area contributed by atoms with Crippen molar-refractivity contribution in [3.8, 4) is 17.1 Å². The first-order chi connectivity index (χ1) is 16.3. The number of hydrogen-bond donors (Lipinski definition) is 3. The lowest BCUT2D eigenvalue weighted by Gasteiger charge is -2.21. The summed E-state index contributed by atoms with van der Waals surface area (Å²) in [6.07, 6.45) is 1.54. The van der Waals surface area contributed by atoms with Crippen LogP contribution in [-0.2, 0) is 10.3 Å². The maximum atomic E-state index is 13.1. The summed E-state index contributed by atoms with van der Waals surface area (Å²) in [5.74, 6) is -0.399. The van der Waals surface area contributed by atoms with Crippen molar-refractivity contribution in [1.82, 2.24) is 20.4 Å². The van der Waals surface area contributed by atoms with Gasteiger partial charge in [0, 0.05) is 16.8 Å². The number of imide groups is 1. The van der Waals surface area contributed by atoms with Crippen LogP contribution in [0.15, 0.2) is 77.4 Å². The average molecular weight is 476 g/mol. The summed E-state index contributed by atoms with van der Waals surface area (Å²) >= 11 is 6.15. The molecule has 1 aliphatic rings. The fourth-order valence-electron chi connectivity index (χ4n) is 3.75. The Morgan fingerprint density at radius 1 is 1.09 bits per heavy atom. The third-order valence-electron chi connectivity index (χ3n) is 5.51. The maximum absolute atomic E-state index is 13.1. The van der Waals surface area contributed by atoms with Crippen LogP contribution in [0.2, 0.25) is 5.02 Å². The average Bonchev–Trinajstić information content (AvgIpc) is 3.53. The fourth-order valence-corrected chi connectivity index (χ4v) is 3.93. The van der Waals surface area contributed by atoms with Gasteiger partial charge in [0.1, 0.15) is 11.2 Å². The van der Waals surface area contributed by atoms with E-state index in [-0.39, 0.29) is 5.69 Å². The second-order valence-corrected chi connectivity index (χ2v) is 8.29. The van der Waals surface area contributed by atoms with Crippen molar-refractivity contribution in [3.05, 3.63) is 89.3 Å². The van der Waals surface area contributed by atoms with Crippen LogP contribution >= 0.6 is 11.6 Å². The Kier molecular flexibility index (Phi) is 5.18. The highest BCUT2D eigenvalue weighted by molar-refractivity contribution is 6.30. The van der Waals surface area contributed by atoms with Crippen LogP contribution in [0.5, 0.6) is 0 Å². The number of urea groups is 1. The first-order valence-corrected chi connectivity index (χ1v) is 10.7. The molecule has 3 heterocycles. The SMILES string of the molecule is CC1(c2cccc(NC(=O)c3cc(-c4ccco4)n(-c4cccc(Cl)c4)n3)c2)NC(=O)NC1=O. The van der Waals surface area contributed by atoms with Crippen molar-refractivity contribution < 1.29 is 18.8 Å². The first kappa shape index (κ1) is 21.5. The standard InChI is InChI=1S/C24H18ClN5O4/c1-24(22(32)27-23(33)28-24)14-5-2-7-16(11-14)26-21(31)18-13-19(20-9-4-10-34-20)30(29-18)17-8-3-6-15(25)12-17/h2-13H,1H3,(H,26,31)(H2,27,28,32,33). The van der Waals surface area contributed by atoms with Crippen molar-refractivity contribution in [3.63, 3.8) is 0 Å². The molecule has 3 N–H and O–H groups in total. The molecule has 2 aromatic carbocycles. The summed E-state index contributed by atoms with van der Waals surface area (Å²) in [7, 11) is 0. The van der Waals surface area contributed by atoms with Gasteiger partial charge >= 0.3 is 6.03 Å². The van der Waals surface area contributed by atoms with Crippen molar-refractivity contribution in [1.29, 1.82) is 0 Å². The van der Waals surface area contributed by atoms with Crippen LogP contribution in [0.25, 0.3) is 17.1 Å². The zero-order valence-corrected chi connectivity index (χ0v) is 18.6. The van der Waals surface area contributed by atoms with Gasteiger partial charge in [-0.1, -0.05) is 29.8 Å². The maximum Gasteiger partial charge on any atom is 0.322 e. The van der Waals surface area contributed by atoms with E-state index in [1.807, 2.05) is 6.07 Å². The highest BCUT2D eigenvalue weighted by Gasteiger charge is 2.43. The van der Waals surface area contributed by atoms with E-state index in [1.165, 1.54) is 6.26 Å². The molecule has 34 heavy (non-hydrogen) atoms. The van der Waals surface area contributed by atoms with Gasteiger partial charge in [0.25, 0.3) is 11.8 Å². The number of amides is 4. The zero-order valence-electron chi connectivity index (χ0n) is 17.8. The molecule has 0 spiro atoms. The van der Waals surface area contributed by atoms with Gasteiger partial charge < -0.3 is 15.1 Å². The number of aromatic nitrogens is 2. The molecule has 1 unspecified atom stereocenters. The number of carbonyl (C=O) groups excluding carboxylic acids is 3. The minimum atomic E-state index is -1.24. The highest BCUT2D eigenvalue weighted by atomic mass is 35.5. The second kappa shape index (κ2) is 8.20. The number of anilines is 1. The van der Waals surface area contributed by atoms with Gasteiger partial charge in [-0.25, -0.2) is 9.48 Å². The molecule has 2 aromatic heterocycles. The largest absolute Gasteiger partial charge is 0.463 e. The van der Waals surface area contributed by atoms with Crippen molar-refractivity contribution >= 4 is 35.1 Å². The Morgan fingerprint density at radius 2 is 1.91 bits per heavy atom. The third-order valence-corrected chi connectivity index (χ3v) is 5.75. The van der Waals surface area contributed by atoms with Gasteiger partial charge in [-0.05, 0) is 55.0 Å². The molecule has 1 fully saturated rings. The number of nitrogens with one attached hydrogen (secondary N) is 3. The molecular weight excluding hydrogens is 458 g/mol. The number of benzene rings is 2. The molecule has 1 saturated heterocycles. The summed E-state index contributed by atoms with van der Waals surface area (Å²) < 4.78 is 7.11. The van der Waals surface area contributed by atoms with Crippen LogP contribution < -0.4 is 16.0 Å². The molecule has 0 saturated carbocycles. The Morgan fingerprint density at radius 3 is 2.62 bits per heavy atom. The Hall–Kier alpha value is -4.37. The molecule has 1 atom stereocenters. The summed E-state index contributed by atoms with van der Waals surface area (Å²) in [4.78, 5) is 37.0. The molecular formula is C24H18ClN5O4. The van der Waals surface area contributed by atoms with Crippen LogP contribution in [0, 0.1) is 0 Å². The number of carbonyl (C=O) groups is 3. The normalized spacial score (nSPS) is 17.4. The van der Waals surface area contributed by atoms with E-state index in [2.05, 4.69) is 21.0 Å². The van der Waals surface area contributed by atoms with E-state index in [9.17, 15) is 14.4 Å². The molecule has 5 rings (SSSR count). The van der Waals surface area contributed by atoms with Gasteiger partial charge in [0.2, 0.25) is 0 Å². The smallest absolute Gasteiger partial charge is 0.322 e. The van der Waals surface area contributed by atoms with E-state index < -0.39 is 23.4 Å². The molecule has 0 radical (unpaired) electrons.